The number of aromatic nitrogens is 1. The fraction of sp³-hybridized carbons (Fsp3) is 0.312. The summed E-state index contributed by atoms with van der Waals surface area (Å²) in [5.74, 6) is 0.392. The van der Waals surface area contributed by atoms with E-state index in [2.05, 4.69) is 4.98 Å². The minimum absolute atomic E-state index is 0.392. The Morgan fingerprint density at radius 2 is 2.00 bits per heavy atom. The van der Waals surface area contributed by atoms with Crippen LogP contribution < -0.4 is 5.73 Å². The van der Waals surface area contributed by atoms with E-state index in [1.54, 1.807) is 0 Å². The molecule has 1 aliphatic heterocycles. The van der Waals surface area contributed by atoms with Crippen molar-refractivity contribution in [2.45, 2.75) is 18.8 Å². The standard InChI is InChI=1S/C16H17ClN2O/c17-13-3-1-2-12(10-13)14-4-7-19-16(15(14)18)11-5-8-20-9-6-11/h1-4,7,10-11H,5-6,8-9,18H2. The molecule has 2 heterocycles. The lowest BCUT2D eigenvalue weighted by atomic mass is 9.92. The van der Waals surface area contributed by atoms with E-state index in [1.807, 2.05) is 36.5 Å². The fourth-order valence-electron chi connectivity index (χ4n) is 2.69. The first kappa shape index (κ1) is 13.4. The first-order valence-corrected chi connectivity index (χ1v) is 7.21. The molecule has 104 valence electrons. The van der Waals surface area contributed by atoms with Crippen LogP contribution in [0.4, 0.5) is 5.69 Å². The first-order chi connectivity index (χ1) is 9.75. The maximum absolute atomic E-state index is 6.35. The summed E-state index contributed by atoms with van der Waals surface area (Å²) in [5.41, 5.74) is 10.1. The Labute approximate surface area is 123 Å². The van der Waals surface area contributed by atoms with Gasteiger partial charge >= 0.3 is 0 Å². The number of ether oxygens (including phenoxy) is 1. The molecular formula is C16H17ClN2O. The fourth-order valence-corrected chi connectivity index (χ4v) is 2.88. The predicted octanol–water partition coefficient (Wildman–Crippen LogP) is 3.88. The normalized spacial score (nSPS) is 16.2. The van der Waals surface area contributed by atoms with Crippen LogP contribution in [0.15, 0.2) is 36.5 Å². The highest BCUT2D eigenvalue weighted by Crippen LogP contribution is 2.35. The van der Waals surface area contributed by atoms with Crippen LogP contribution in [0.25, 0.3) is 11.1 Å². The molecular weight excluding hydrogens is 272 g/mol. The van der Waals surface area contributed by atoms with Crippen LogP contribution in [-0.4, -0.2) is 18.2 Å². The Hall–Kier alpha value is -1.58. The second-order valence-electron chi connectivity index (χ2n) is 5.05. The van der Waals surface area contributed by atoms with Gasteiger partial charge in [-0.25, -0.2) is 0 Å². The van der Waals surface area contributed by atoms with Gasteiger partial charge in [-0.1, -0.05) is 23.7 Å². The average Bonchev–Trinajstić information content (AvgIpc) is 2.48. The van der Waals surface area contributed by atoms with Crippen LogP contribution in [0.5, 0.6) is 0 Å². The van der Waals surface area contributed by atoms with Gasteiger partial charge < -0.3 is 10.5 Å². The summed E-state index contributed by atoms with van der Waals surface area (Å²) in [5, 5.41) is 0.714. The van der Waals surface area contributed by atoms with Crippen LogP contribution in [0, 0.1) is 0 Å². The lowest BCUT2D eigenvalue weighted by Crippen LogP contribution is -2.16. The molecule has 1 fully saturated rings. The third-order valence-electron chi connectivity index (χ3n) is 3.76. The molecule has 1 aromatic heterocycles. The smallest absolute Gasteiger partial charge is 0.0671 e. The zero-order valence-corrected chi connectivity index (χ0v) is 11.9. The number of nitrogen functional groups attached to an aromatic ring is 1. The van der Waals surface area contributed by atoms with Gasteiger partial charge in [-0.15, -0.1) is 0 Å². The summed E-state index contributed by atoms with van der Waals surface area (Å²) >= 11 is 6.06. The van der Waals surface area contributed by atoms with Crippen LogP contribution in [-0.2, 0) is 4.74 Å². The van der Waals surface area contributed by atoms with Gasteiger partial charge in [0.15, 0.2) is 0 Å². The summed E-state index contributed by atoms with van der Waals surface area (Å²) in [6.07, 6.45) is 3.80. The van der Waals surface area contributed by atoms with E-state index in [-0.39, 0.29) is 0 Å². The molecule has 0 bridgehead atoms. The van der Waals surface area contributed by atoms with Gasteiger partial charge in [0.1, 0.15) is 0 Å². The second-order valence-corrected chi connectivity index (χ2v) is 5.49. The van der Waals surface area contributed by atoms with Crippen LogP contribution in [0.2, 0.25) is 5.02 Å². The number of hydrogen-bond donors (Lipinski definition) is 1. The first-order valence-electron chi connectivity index (χ1n) is 6.84. The molecule has 3 rings (SSSR count). The molecule has 0 spiro atoms. The monoisotopic (exact) mass is 288 g/mol. The number of halogens is 1. The topological polar surface area (TPSA) is 48.1 Å². The van der Waals surface area contributed by atoms with Crippen molar-refractivity contribution in [1.29, 1.82) is 0 Å². The van der Waals surface area contributed by atoms with Crippen molar-refractivity contribution < 1.29 is 4.74 Å². The number of nitrogens with two attached hydrogens (primary N) is 1. The highest BCUT2D eigenvalue weighted by atomic mass is 35.5. The molecule has 0 radical (unpaired) electrons. The minimum atomic E-state index is 0.392. The van der Waals surface area contributed by atoms with Gasteiger partial charge in [-0.3, -0.25) is 4.98 Å². The van der Waals surface area contributed by atoms with E-state index in [9.17, 15) is 0 Å². The van der Waals surface area contributed by atoms with Gasteiger partial charge in [0.05, 0.1) is 11.4 Å². The third kappa shape index (κ3) is 2.65. The molecule has 1 aliphatic rings. The molecule has 1 aromatic carbocycles. The Kier molecular flexibility index (Phi) is 3.90. The summed E-state index contributed by atoms with van der Waals surface area (Å²) in [7, 11) is 0. The van der Waals surface area contributed by atoms with E-state index in [1.165, 1.54) is 0 Å². The summed E-state index contributed by atoms with van der Waals surface area (Å²) in [4.78, 5) is 4.50. The van der Waals surface area contributed by atoms with E-state index in [0.29, 0.717) is 10.9 Å². The third-order valence-corrected chi connectivity index (χ3v) is 4.00. The molecule has 0 unspecified atom stereocenters. The molecule has 3 nitrogen and oxygen atoms in total. The van der Waals surface area contributed by atoms with Crippen molar-refractivity contribution in [3.8, 4) is 11.1 Å². The largest absolute Gasteiger partial charge is 0.397 e. The maximum Gasteiger partial charge on any atom is 0.0671 e. The quantitative estimate of drug-likeness (QED) is 0.912. The second kappa shape index (κ2) is 5.81. The zero-order chi connectivity index (χ0) is 13.9. The van der Waals surface area contributed by atoms with Gasteiger partial charge in [0.25, 0.3) is 0 Å². The van der Waals surface area contributed by atoms with Crippen molar-refractivity contribution in [3.05, 3.63) is 47.2 Å². The molecule has 0 saturated carbocycles. The molecule has 4 heteroatoms. The van der Waals surface area contributed by atoms with Gasteiger partial charge in [-0.2, -0.15) is 0 Å². The van der Waals surface area contributed by atoms with Gasteiger partial charge in [0.2, 0.25) is 0 Å². The van der Waals surface area contributed by atoms with Crippen molar-refractivity contribution in [1.82, 2.24) is 4.98 Å². The number of nitrogens with zero attached hydrogens (tertiary/aromatic N) is 1. The van der Waals surface area contributed by atoms with Crippen molar-refractivity contribution >= 4 is 17.3 Å². The molecule has 20 heavy (non-hydrogen) atoms. The summed E-state index contributed by atoms with van der Waals surface area (Å²) in [6.45, 7) is 1.57. The predicted molar refractivity (Wildman–Crippen MR) is 81.9 cm³/mol. The van der Waals surface area contributed by atoms with Crippen LogP contribution in [0.3, 0.4) is 0 Å². The van der Waals surface area contributed by atoms with Crippen LogP contribution in [0.1, 0.15) is 24.5 Å². The Morgan fingerprint density at radius 1 is 1.20 bits per heavy atom. The van der Waals surface area contributed by atoms with E-state index < -0.39 is 0 Å². The molecule has 2 aromatic rings. The lowest BCUT2D eigenvalue weighted by Gasteiger charge is -2.23. The molecule has 0 aliphatic carbocycles. The summed E-state index contributed by atoms with van der Waals surface area (Å²) in [6, 6.07) is 9.70. The highest BCUT2D eigenvalue weighted by molar-refractivity contribution is 6.30. The molecule has 0 amide bonds. The van der Waals surface area contributed by atoms with Gasteiger partial charge in [-0.05, 0) is 36.6 Å². The Bertz CT molecular complexity index is 609. The minimum Gasteiger partial charge on any atom is -0.397 e. The Balaban J connectivity index is 2.00. The Morgan fingerprint density at radius 3 is 2.75 bits per heavy atom. The zero-order valence-electron chi connectivity index (χ0n) is 11.2. The van der Waals surface area contributed by atoms with E-state index in [4.69, 9.17) is 22.1 Å². The molecule has 1 saturated heterocycles. The lowest BCUT2D eigenvalue weighted by molar-refractivity contribution is 0.0846. The van der Waals surface area contributed by atoms with Crippen molar-refractivity contribution in [3.63, 3.8) is 0 Å². The summed E-state index contributed by atoms with van der Waals surface area (Å²) < 4.78 is 5.41. The van der Waals surface area contributed by atoms with Crippen LogP contribution >= 0.6 is 11.6 Å². The van der Waals surface area contributed by atoms with E-state index in [0.717, 1.165) is 48.6 Å². The molecule has 2 N–H and O–H groups in total. The van der Waals surface area contributed by atoms with E-state index >= 15 is 0 Å². The number of benzene rings is 1. The number of anilines is 1. The number of pyridine rings is 1. The van der Waals surface area contributed by atoms with Crippen molar-refractivity contribution in [2.75, 3.05) is 18.9 Å². The maximum atomic E-state index is 6.35. The highest BCUT2D eigenvalue weighted by Gasteiger charge is 2.21. The number of hydrogen-bond acceptors (Lipinski definition) is 3. The molecule has 0 atom stereocenters. The van der Waals surface area contributed by atoms with Gasteiger partial charge in [0, 0.05) is 35.9 Å². The van der Waals surface area contributed by atoms with Crippen molar-refractivity contribution in [2.24, 2.45) is 0 Å². The number of rotatable bonds is 2. The average molecular weight is 289 g/mol. The SMILES string of the molecule is Nc1c(-c2cccc(Cl)c2)ccnc1C1CCOCC1.